The Hall–Kier alpha value is -2.50. The van der Waals surface area contributed by atoms with Gasteiger partial charge in [-0.15, -0.1) is 0 Å². The number of nitrogens with zero attached hydrogens (tertiary/aromatic N) is 1. The van der Waals surface area contributed by atoms with Crippen LogP contribution in [0.3, 0.4) is 0 Å². The van der Waals surface area contributed by atoms with E-state index in [0.29, 0.717) is 31.6 Å². The largest absolute Gasteiger partial charge is 0.354 e. The van der Waals surface area contributed by atoms with E-state index < -0.39 is 23.3 Å². The van der Waals surface area contributed by atoms with Crippen LogP contribution in [-0.4, -0.2) is 34.7 Å². The quantitative estimate of drug-likeness (QED) is 0.863. The molecule has 1 N–H and O–H groups in total. The first-order valence-electron chi connectivity index (χ1n) is 8.31. The molecule has 0 saturated carbocycles. The highest BCUT2D eigenvalue weighted by Crippen LogP contribution is 2.25. The maximum absolute atomic E-state index is 13.8. The molecule has 6 heteroatoms. The highest BCUT2D eigenvalue weighted by molar-refractivity contribution is 5.98. The van der Waals surface area contributed by atoms with Gasteiger partial charge in [-0.3, -0.25) is 9.59 Å². The lowest BCUT2D eigenvalue weighted by molar-refractivity contribution is 0.0644. The summed E-state index contributed by atoms with van der Waals surface area (Å²) in [5.74, 6) is -2.21. The first-order chi connectivity index (χ1) is 11.9. The number of carbonyl (C=O) groups is 2. The molecule has 132 valence electrons. The Labute approximate surface area is 144 Å². The van der Waals surface area contributed by atoms with Crippen molar-refractivity contribution in [2.24, 2.45) is 5.92 Å². The number of ketones is 1. The van der Waals surface area contributed by atoms with Crippen LogP contribution in [0.15, 0.2) is 24.3 Å². The van der Waals surface area contributed by atoms with Gasteiger partial charge in [0.25, 0.3) is 5.91 Å². The minimum atomic E-state index is -0.706. The smallest absolute Gasteiger partial charge is 0.270 e. The number of piperidine rings is 1. The van der Waals surface area contributed by atoms with Gasteiger partial charge >= 0.3 is 0 Å². The second-order valence-electron chi connectivity index (χ2n) is 6.57. The Morgan fingerprint density at radius 1 is 1.12 bits per heavy atom. The van der Waals surface area contributed by atoms with Crippen LogP contribution in [-0.2, 0) is 0 Å². The van der Waals surface area contributed by atoms with E-state index >= 15 is 0 Å². The first kappa shape index (κ1) is 17.3. The third-order valence-electron chi connectivity index (χ3n) is 4.71. The van der Waals surface area contributed by atoms with Gasteiger partial charge in [-0.1, -0.05) is 0 Å². The predicted octanol–water partition coefficient (Wildman–Crippen LogP) is 3.64. The van der Waals surface area contributed by atoms with Crippen LogP contribution < -0.4 is 0 Å². The molecule has 1 aliphatic rings. The van der Waals surface area contributed by atoms with Crippen LogP contribution in [0, 0.1) is 31.4 Å². The van der Waals surface area contributed by atoms with E-state index in [-0.39, 0.29) is 11.5 Å². The summed E-state index contributed by atoms with van der Waals surface area (Å²) < 4.78 is 27.1. The number of likely N-dealkylation sites (tertiary alicyclic amines) is 1. The second kappa shape index (κ2) is 6.78. The molecule has 1 aromatic heterocycles. The number of carbonyl (C=O) groups excluding carboxylic acids is 2. The Morgan fingerprint density at radius 3 is 2.40 bits per heavy atom. The number of Topliss-reactive ketones (excluding diaryl/α,β-unsaturated/α-hetero) is 1. The number of H-pyrrole nitrogens is 1. The average molecular weight is 346 g/mol. The number of aryl methyl sites for hydroxylation is 2. The summed E-state index contributed by atoms with van der Waals surface area (Å²) in [5.41, 5.74) is 2.18. The fraction of sp³-hybridized carbons (Fsp3) is 0.368. The molecule has 2 heterocycles. The summed E-state index contributed by atoms with van der Waals surface area (Å²) in [7, 11) is 0. The van der Waals surface area contributed by atoms with Crippen molar-refractivity contribution in [2.75, 3.05) is 13.1 Å². The first-order valence-corrected chi connectivity index (χ1v) is 8.31. The maximum Gasteiger partial charge on any atom is 0.270 e. The van der Waals surface area contributed by atoms with Gasteiger partial charge in [0.15, 0.2) is 5.78 Å². The van der Waals surface area contributed by atoms with Crippen molar-refractivity contribution in [2.45, 2.75) is 26.7 Å². The van der Waals surface area contributed by atoms with Crippen molar-refractivity contribution in [3.8, 4) is 0 Å². The highest BCUT2D eigenvalue weighted by atomic mass is 19.1. The number of aromatic nitrogens is 1. The molecule has 1 fully saturated rings. The minimum Gasteiger partial charge on any atom is -0.354 e. The van der Waals surface area contributed by atoms with Gasteiger partial charge in [-0.05, 0) is 56.5 Å². The molecule has 1 amide bonds. The van der Waals surface area contributed by atoms with Crippen LogP contribution in [0.5, 0.6) is 0 Å². The fourth-order valence-electron chi connectivity index (χ4n) is 3.36. The van der Waals surface area contributed by atoms with Crippen LogP contribution in [0.4, 0.5) is 8.78 Å². The molecule has 0 bridgehead atoms. The molecule has 2 aromatic rings. The molecular formula is C19H20F2N2O2. The highest BCUT2D eigenvalue weighted by Gasteiger charge is 2.30. The Balaban J connectivity index is 1.67. The number of hydrogen-bond acceptors (Lipinski definition) is 2. The lowest BCUT2D eigenvalue weighted by atomic mass is 9.88. The molecule has 1 aromatic carbocycles. The topological polar surface area (TPSA) is 53.2 Å². The zero-order chi connectivity index (χ0) is 18.1. The van der Waals surface area contributed by atoms with Gasteiger partial charge in [0, 0.05) is 24.7 Å². The zero-order valence-electron chi connectivity index (χ0n) is 14.2. The van der Waals surface area contributed by atoms with Crippen LogP contribution in [0.25, 0.3) is 0 Å². The zero-order valence-corrected chi connectivity index (χ0v) is 14.2. The van der Waals surface area contributed by atoms with E-state index in [1.165, 1.54) is 0 Å². The summed E-state index contributed by atoms with van der Waals surface area (Å²) in [4.78, 5) is 29.8. The number of rotatable bonds is 3. The standard InChI is InChI=1S/C19H20F2N2O2/c1-11-9-12(2)22-17(11)19(25)23-7-5-13(6-8-23)18(24)15-10-14(20)3-4-16(15)21/h3-4,9-10,13,22H,5-8H2,1-2H3. The van der Waals surface area contributed by atoms with Gasteiger partial charge in [0.05, 0.1) is 5.56 Å². The molecule has 0 aliphatic carbocycles. The summed E-state index contributed by atoms with van der Waals surface area (Å²) in [5, 5.41) is 0. The van der Waals surface area contributed by atoms with Crippen LogP contribution in [0.1, 0.15) is 44.9 Å². The monoisotopic (exact) mass is 346 g/mol. The number of hydrogen-bond donors (Lipinski definition) is 1. The fourth-order valence-corrected chi connectivity index (χ4v) is 3.36. The van der Waals surface area contributed by atoms with Gasteiger partial charge in [-0.25, -0.2) is 8.78 Å². The predicted molar refractivity (Wildman–Crippen MR) is 89.6 cm³/mol. The van der Waals surface area contributed by atoms with Crippen LogP contribution >= 0.6 is 0 Å². The summed E-state index contributed by atoms with van der Waals surface area (Å²) in [6, 6.07) is 4.82. The van der Waals surface area contributed by atoms with Crippen molar-refractivity contribution in [3.05, 3.63) is 58.4 Å². The van der Waals surface area contributed by atoms with Crippen LogP contribution in [0.2, 0.25) is 0 Å². The normalized spacial score (nSPS) is 15.4. The van der Waals surface area contributed by atoms with Gasteiger partial charge in [-0.2, -0.15) is 0 Å². The second-order valence-corrected chi connectivity index (χ2v) is 6.57. The van der Waals surface area contributed by atoms with Crippen molar-refractivity contribution in [1.82, 2.24) is 9.88 Å². The Bertz CT molecular complexity index is 821. The van der Waals surface area contributed by atoms with Crippen molar-refractivity contribution >= 4 is 11.7 Å². The number of benzene rings is 1. The third kappa shape index (κ3) is 3.48. The number of aromatic amines is 1. The average Bonchev–Trinajstić information content (AvgIpc) is 2.94. The molecule has 0 atom stereocenters. The summed E-state index contributed by atoms with van der Waals surface area (Å²) in [6.07, 6.45) is 0.887. The molecule has 3 rings (SSSR count). The molecule has 1 saturated heterocycles. The summed E-state index contributed by atoms with van der Waals surface area (Å²) >= 11 is 0. The van der Waals surface area contributed by atoms with E-state index in [2.05, 4.69) is 4.98 Å². The molecular weight excluding hydrogens is 326 g/mol. The summed E-state index contributed by atoms with van der Waals surface area (Å²) in [6.45, 7) is 4.61. The van der Waals surface area contributed by atoms with Crippen molar-refractivity contribution < 1.29 is 18.4 Å². The lowest BCUT2D eigenvalue weighted by Crippen LogP contribution is -2.40. The molecule has 0 unspecified atom stereocenters. The van der Waals surface area contributed by atoms with E-state index in [1.54, 1.807) is 4.90 Å². The number of amides is 1. The Kier molecular flexibility index (Phi) is 4.70. The molecule has 4 nitrogen and oxygen atoms in total. The van der Waals surface area contributed by atoms with Crippen molar-refractivity contribution in [3.63, 3.8) is 0 Å². The third-order valence-corrected chi connectivity index (χ3v) is 4.71. The Morgan fingerprint density at radius 2 is 1.80 bits per heavy atom. The van der Waals surface area contributed by atoms with Gasteiger partial charge < -0.3 is 9.88 Å². The van der Waals surface area contributed by atoms with E-state index in [1.807, 2.05) is 19.9 Å². The maximum atomic E-state index is 13.8. The van der Waals surface area contributed by atoms with Crippen molar-refractivity contribution in [1.29, 1.82) is 0 Å². The van der Waals surface area contributed by atoms with Gasteiger partial charge in [0.2, 0.25) is 0 Å². The van der Waals surface area contributed by atoms with E-state index in [9.17, 15) is 18.4 Å². The molecule has 0 spiro atoms. The number of nitrogens with one attached hydrogen (secondary N) is 1. The number of halogens is 2. The van der Waals surface area contributed by atoms with Gasteiger partial charge in [0.1, 0.15) is 17.3 Å². The lowest BCUT2D eigenvalue weighted by Gasteiger charge is -2.31. The molecule has 1 aliphatic heterocycles. The SMILES string of the molecule is Cc1cc(C)c(C(=O)N2CCC(C(=O)c3cc(F)ccc3F)CC2)[nH]1. The molecule has 0 radical (unpaired) electrons. The van der Waals surface area contributed by atoms with E-state index in [4.69, 9.17) is 0 Å². The minimum absolute atomic E-state index is 0.0894. The molecule has 25 heavy (non-hydrogen) atoms. The van der Waals surface area contributed by atoms with E-state index in [0.717, 1.165) is 29.5 Å².